The Balaban J connectivity index is 2.08. The minimum atomic E-state index is -4.30. The number of nitrogens with one attached hydrogen (secondary N) is 1. The van der Waals surface area contributed by atoms with Crippen LogP contribution in [0.2, 0.25) is 0 Å². The number of hydrogen-bond donors (Lipinski definition) is 6. The number of aliphatic hydroxyl groups excluding tert-OH is 4. The molecule has 1 amide bonds. The van der Waals surface area contributed by atoms with Crippen LogP contribution in [-0.2, 0) is 27.8 Å². The highest BCUT2D eigenvalue weighted by molar-refractivity contribution is 7.47. The van der Waals surface area contributed by atoms with Crippen molar-refractivity contribution in [2.45, 2.75) is 56.4 Å². The summed E-state index contributed by atoms with van der Waals surface area (Å²) in [5.41, 5.74) is 0. The summed E-state index contributed by atoms with van der Waals surface area (Å²) >= 11 is 0. The van der Waals surface area contributed by atoms with Crippen LogP contribution in [0.3, 0.4) is 0 Å². The van der Waals surface area contributed by atoms with E-state index in [9.17, 15) is 19.6 Å². The van der Waals surface area contributed by atoms with E-state index >= 15 is 0 Å². The van der Waals surface area contributed by atoms with Gasteiger partial charge in [-0.3, -0.25) is 9.05 Å². The highest BCUT2D eigenvalue weighted by Gasteiger charge is 2.36. The number of phosphoric acid groups is 1. The van der Waals surface area contributed by atoms with E-state index in [-0.39, 0.29) is 6.42 Å². The van der Waals surface area contributed by atoms with Crippen molar-refractivity contribution in [1.29, 1.82) is 0 Å². The molecule has 30 heavy (non-hydrogen) atoms. The molecule has 1 aliphatic rings. The van der Waals surface area contributed by atoms with Crippen LogP contribution in [0.1, 0.15) is 25.7 Å². The lowest BCUT2D eigenvalue weighted by Gasteiger charge is -2.36. The van der Waals surface area contributed by atoms with E-state index in [0.717, 1.165) is 7.11 Å². The SMILES string of the molecule is COP(=O)(O)OC(CO)COC(=O)NCCCCCO[C@H]1C[C@@H](O)[C@@H](O)[C@@H](CO)O1. The molecule has 13 nitrogen and oxygen atoms in total. The molecule has 1 fully saturated rings. The van der Waals surface area contributed by atoms with Crippen LogP contribution in [0.4, 0.5) is 4.79 Å². The largest absolute Gasteiger partial charge is 0.472 e. The summed E-state index contributed by atoms with van der Waals surface area (Å²) in [6.45, 7) is -0.831. The number of carbonyl (C=O) groups is 1. The number of amides is 1. The highest BCUT2D eigenvalue weighted by atomic mass is 31.2. The molecular formula is C16H32NO12P. The fourth-order valence-corrected chi connectivity index (χ4v) is 3.14. The van der Waals surface area contributed by atoms with E-state index in [4.69, 9.17) is 29.3 Å². The Bertz CT molecular complexity index is 538. The van der Waals surface area contributed by atoms with E-state index in [1.54, 1.807) is 0 Å². The Hall–Kier alpha value is -0.860. The van der Waals surface area contributed by atoms with E-state index in [2.05, 4.69) is 14.4 Å². The number of alkyl carbamates (subject to hydrolysis) is 1. The van der Waals surface area contributed by atoms with Crippen LogP contribution >= 0.6 is 7.82 Å². The lowest BCUT2D eigenvalue weighted by atomic mass is 10.0. The Kier molecular flexibility index (Phi) is 12.9. The Morgan fingerprint density at radius 3 is 2.63 bits per heavy atom. The van der Waals surface area contributed by atoms with Crippen LogP contribution in [-0.4, -0.2) is 102 Å². The van der Waals surface area contributed by atoms with Gasteiger partial charge in [0, 0.05) is 26.7 Å². The van der Waals surface area contributed by atoms with Crippen LogP contribution in [0.25, 0.3) is 0 Å². The smallest absolute Gasteiger partial charge is 0.447 e. The van der Waals surface area contributed by atoms with Gasteiger partial charge in [-0.25, -0.2) is 9.36 Å². The van der Waals surface area contributed by atoms with Gasteiger partial charge in [0.15, 0.2) is 6.29 Å². The molecule has 1 heterocycles. The predicted molar refractivity (Wildman–Crippen MR) is 100 cm³/mol. The minimum Gasteiger partial charge on any atom is -0.447 e. The Morgan fingerprint density at radius 2 is 2.00 bits per heavy atom. The van der Waals surface area contributed by atoms with Crippen LogP contribution < -0.4 is 5.32 Å². The number of ether oxygens (including phenoxy) is 3. The average molecular weight is 461 g/mol. The monoisotopic (exact) mass is 461 g/mol. The molecule has 14 heteroatoms. The van der Waals surface area contributed by atoms with Crippen molar-refractivity contribution in [2.75, 3.05) is 40.1 Å². The summed E-state index contributed by atoms with van der Waals surface area (Å²) in [7, 11) is -3.33. The molecule has 0 saturated carbocycles. The van der Waals surface area contributed by atoms with Crippen molar-refractivity contribution in [3.05, 3.63) is 0 Å². The third kappa shape index (κ3) is 10.4. The molecule has 178 valence electrons. The number of phosphoric ester groups is 1. The van der Waals surface area contributed by atoms with Gasteiger partial charge in [0.25, 0.3) is 0 Å². The Labute approximate surface area is 174 Å². The number of hydrogen-bond acceptors (Lipinski definition) is 11. The van der Waals surface area contributed by atoms with Crippen molar-refractivity contribution >= 4 is 13.9 Å². The number of rotatable bonds is 14. The van der Waals surface area contributed by atoms with Crippen LogP contribution in [0.5, 0.6) is 0 Å². The average Bonchev–Trinajstić information content (AvgIpc) is 2.72. The number of unbranched alkanes of at least 4 members (excludes halogenated alkanes) is 2. The molecular weight excluding hydrogens is 429 g/mol. The van der Waals surface area contributed by atoms with Crippen molar-refractivity contribution in [3.63, 3.8) is 0 Å². The molecule has 0 bridgehead atoms. The predicted octanol–water partition coefficient (Wildman–Crippen LogP) is -1.15. The first-order valence-electron chi connectivity index (χ1n) is 9.54. The van der Waals surface area contributed by atoms with Gasteiger partial charge in [0.1, 0.15) is 24.9 Å². The molecule has 0 aliphatic carbocycles. The molecule has 6 atom stereocenters. The normalized spacial score (nSPS) is 27.3. The zero-order chi connectivity index (χ0) is 22.6. The van der Waals surface area contributed by atoms with Gasteiger partial charge in [-0.15, -0.1) is 0 Å². The van der Waals surface area contributed by atoms with Gasteiger partial charge in [-0.05, 0) is 19.3 Å². The van der Waals surface area contributed by atoms with Crippen molar-refractivity contribution in [3.8, 4) is 0 Å². The number of aliphatic hydroxyl groups is 4. The lowest BCUT2D eigenvalue weighted by molar-refractivity contribution is -0.256. The van der Waals surface area contributed by atoms with Gasteiger partial charge in [-0.2, -0.15) is 0 Å². The molecule has 1 rings (SSSR count). The maximum Gasteiger partial charge on any atom is 0.472 e. The van der Waals surface area contributed by atoms with Crippen LogP contribution in [0.15, 0.2) is 0 Å². The summed E-state index contributed by atoms with van der Waals surface area (Å²) in [5, 5.41) is 40.0. The molecule has 6 N–H and O–H groups in total. The topological polar surface area (TPSA) is 193 Å². The third-order valence-electron chi connectivity index (χ3n) is 4.23. The molecule has 0 aromatic rings. The first-order chi connectivity index (χ1) is 14.2. The molecule has 1 aliphatic heterocycles. The van der Waals surface area contributed by atoms with Crippen molar-refractivity contribution < 1.29 is 57.9 Å². The van der Waals surface area contributed by atoms with E-state index < -0.39 is 64.4 Å². The second-order valence-corrected chi connectivity index (χ2v) is 8.11. The standard InChI is InChI=1S/C16H32NO12P/c1-25-30(23,24)29-11(8-18)10-27-16(22)17-5-3-2-4-6-26-14-7-12(20)15(21)13(9-19)28-14/h11-15,18-21H,2-10H2,1H3,(H,17,22)(H,23,24)/t11?,12-,13-,14-,15-/m1/s1. The molecule has 0 aromatic heterocycles. The molecule has 0 radical (unpaired) electrons. The second kappa shape index (κ2) is 14.2. The van der Waals surface area contributed by atoms with E-state index in [1.807, 2.05) is 0 Å². The summed E-state index contributed by atoms with van der Waals surface area (Å²) in [6.07, 6.45) is -3.62. The van der Waals surface area contributed by atoms with Gasteiger partial charge in [0.2, 0.25) is 0 Å². The maximum atomic E-state index is 11.6. The zero-order valence-electron chi connectivity index (χ0n) is 16.8. The van der Waals surface area contributed by atoms with E-state index in [0.29, 0.717) is 32.4 Å². The first kappa shape index (κ1) is 27.2. The summed E-state index contributed by atoms with van der Waals surface area (Å²) in [5.74, 6) is 0. The van der Waals surface area contributed by atoms with E-state index in [1.165, 1.54) is 0 Å². The minimum absolute atomic E-state index is 0.111. The zero-order valence-corrected chi connectivity index (χ0v) is 17.7. The van der Waals surface area contributed by atoms with Gasteiger partial charge < -0.3 is 44.8 Å². The molecule has 1 saturated heterocycles. The molecule has 0 spiro atoms. The third-order valence-corrected chi connectivity index (χ3v) is 5.25. The van der Waals surface area contributed by atoms with Crippen molar-refractivity contribution in [1.82, 2.24) is 5.32 Å². The fourth-order valence-electron chi connectivity index (χ4n) is 2.55. The molecule has 2 unspecified atom stereocenters. The summed E-state index contributed by atoms with van der Waals surface area (Å²) in [4.78, 5) is 20.7. The number of carbonyl (C=O) groups excluding carboxylic acids is 1. The summed E-state index contributed by atoms with van der Waals surface area (Å²) < 4.78 is 35.7. The Morgan fingerprint density at radius 1 is 1.27 bits per heavy atom. The highest BCUT2D eigenvalue weighted by Crippen LogP contribution is 2.43. The van der Waals surface area contributed by atoms with Gasteiger partial charge >= 0.3 is 13.9 Å². The first-order valence-corrected chi connectivity index (χ1v) is 11.0. The maximum absolute atomic E-state index is 11.6. The van der Waals surface area contributed by atoms with Gasteiger partial charge in [-0.1, -0.05) is 0 Å². The fraction of sp³-hybridized carbons (Fsp3) is 0.938. The van der Waals surface area contributed by atoms with Crippen molar-refractivity contribution in [2.24, 2.45) is 0 Å². The van der Waals surface area contributed by atoms with Crippen LogP contribution in [0, 0.1) is 0 Å². The lowest BCUT2D eigenvalue weighted by Crippen LogP contribution is -2.50. The second-order valence-electron chi connectivity index (χ2n) is 6.60. The quantitative estimate of drug-likeness (QED) is 0.135. The van der Waals surface area contributed by atoms with Gasteiger partial charge in [0.05, 0.1) is 19.3 Å². The molecule has 0 aromatic carbocycles. The summed E-state index contributed by atoms with van der Waals surface area (Å²) in [6, 6.07) is 0.